The van der Waals surface area contributed by atoms with Gasteiger partial charge in [0.1, 0.15) is 0 Å². The highest BCUT2D eigenvalue weighted by atomic mass is 35.5. The zero-order valence-electron chi connectivity index (χ0n) is 10.7. The number of aromatic amines is 1. The van der Waals surface area contributed by atoms with Crippen molar-refractivity contribution in [1.82, 2.24) is 10.3 Å². The molecule has 6 heteroatoms. The van der Waals surface area contributed by atoms with Gasteiger partial charge in [0.2, 0.25) is 5.91 Å². The van der Waals surface area contributed by atoms with Gasteiger partial charge in [0.05, 0.1) is 18.8 Å². The van der Waals surface area contributed by atoms with Crippen LogP contribution in [0.25, 0.3) is 10.9 Å². The fourth-order valence-electron chi connectivity index (χ4n) is 1.76. The van der Waals surface area contributed by atoms with Gasteiger partial charge in [-0.05, 0) is 18.2 Å². The summed E-state index contributed by atoms with van der Waals surface area (Å²) in [5.74, 6) is -0.0557. The Hall–Kier alpha value is -1.56. The van der Waals surface area contributed by atoms with Gasteiger partial charge in [-0.3, -0.25) is 4.79 Å². The third kappa shape index (κ3) is 4.24. The third-order valence-corrected chi connectivity index (χ3v) is 2.64. The molecule has 1 aromatic carbocycles. The van der Waals surface area contributed by atoms with Crippen LogP contribution in [0.3, 0.4) is 0 Å². The van der Waals surface area contributed by atoms with E-state index in [1.165, 1.54) is 0 Å². The van der Waals surface area contributed by atoms with Gasteiger partial charge in [-0.2, -0.15) is 0 Å². The zero-order valence-corrected chi connectivity index (χ0v) is 11.5. The fourth-order valence-corrected chi connectivity index (χ4v) is 1.76. The second-order valence-corrected chi connectivity index (χ2v) is 3.96. The number of hydrogen-bond acceptors (Lipinski definition) is 3. The Kier molecular flexibility index (Phi) is 6.35. The molecule has 1 heterocycles. The number of nitrogens with one attached hydrogen (secondary N) is 3. The predicted molar refractivity (Wildman–Crippen MR) is 78.9 cm³/mol. The number of halogens is 1. The van der Waals surface area contributed by atoms with Crippen LogP contribution in [0.4, 0.5) is 5.69 Å². The maximum Gasteiger partial charge on any atom is 0.238 e. The largest absolute Gasteiger partial charge is 0.383 e. The Balaban J connectivity index is 0.00000180. The molecule has 5 nitrogen and oxygen atoms in total. The van der Waals surface area contributed by atoms with Gasteiger partial charge in [0.15, 0.2) is 0 Å². The Labute approximate surface area is 118 Å². The monoisotopic (exact) mass is 283 g/mol. The first kappa shape index (κ1) is 15.5. The Bertz CT molecular complexity index is 527. The summed E-state index contributed by atoms with van der Waals surface area (Å²) in [5, 5.41) is 6.91. The number of H-pyrrole nitrogens is 1. The highest BCUT2D eigenvalue weighted by molar-refractivity contribution is 6.01. The summed E-state index contributed by atoms with van der Waals surface area (Å²) in [5.41, 5.74) is 1.84. The first-order chi connectivity index (χ1) is 8.81. The van der Waals surface area contributed by atoms with Crippen molar-refractivity contribution in [2.45, 2.75) is 0 Å². The second kappa shape index (κ2) is 7.78. The smallest absolute Gasteiger partial charge is 0.238 e. The molecule has 0 aliphatic carbocycles. The molecule has 0 aliphatic rings. The average Bonchev–Trinajstić information content (AvgIpc) is 2.84. The average molecular weight is 284 g/mol. The van der Waals surface area contributed by atoms with Crippen molar-refractivity contribution in [2.24, 2.45) is 0 Å². The summed E-state index contributed by atoms with van der Waals surface area (Å²) >= 11 is 0. The van der Waals surface area contributed by atoms with Gasteiger partial charge in [-0.1, -0.05) is 6.07 Å². The van der Waals surface area contributed by atoms with Crippen molar-refractivity contribution in [2.75, 3.05) is 32.1 Å². The van der Waals surface area contributed by atoms with Crippen molar-refractivity contribution in [3.05, 3.63) is 30.5 Å². The van der Waals surface area contributed by atoms with Gasteiger partial charge < -0.3 is 20.4 Å². The lowest BCUT2D eigenvalue weighted by molar-refractivity contribution is -0.115. The predicted octanol–water partition coefficient (Wildman–Crippen LogP) is 1.76. The van der Waals surface area contributed by atoms with E-state index in [0.717, 1.165) is 16.6 Å². The number of carbonyl (C=O) groups is 1. The van der Waals surface area contributed by atoms with E-state index >= 15 is 0 Å². The summed E-state index contributed by atoms with van der Waals surface area (Å²) in [6.45, 7) is 1.54. The Morgan fingerprint density at radius 3 is 3.00 bits per heavy atom. The first-order valence-corrected chi connectivity index (χ1v) is 5.87. The molecular weight excluding hydrogens is 266 g/mol. The molecule has 2 rings (SSSR count). The minimum absolute atomic E-state index is 0. The molecule has 104 valence electrons. The van der Waals surface area contributed by atoms with Crippen molar-refractivity contribution in [3.8, 4) is 0 Å². The molecule has 0 fully saturated rings. The van der Waals surface area contributed by atoms with Crippen molar-refractivity contribution in [1.29, 1.82) is 0 Å². The maximum absolute atomic E-state index is 11.7. The number of fused-ring (bicyclic) bond motifs is 1. The van der Waals surface area contributed by atoms with E-state index in [-0.39, 0.29) is 24.9 Å². The van der Waals surface area contributed by atoms with Gasteiger partial charge >= 0.3 is 0 Å². The van der Waals surface area contributed by atoms with Crippen LogP contribution in [0.2, 0.25) is 0 Å². The molecular formula is C13H18ClN3O2. The highest BCUT2D eigenvalue weighted by Gasteiger charge is 2.05. The molecule has 0 atom stereocenters. The van der Waals surface area contributed by atoms with Gasteiger partial charge in [-0.25, -0.2) is 0 Å². The standard InChI is InChI=1S/C13H17N3O2.ClH/c1-18-8-7-14-9-13(17)16-12-4-2-3-11-10(12)5-6-15-11;/h2-6,14-15H,7-9H2,1H3,(H,16,17);1H. The van der Waals surface area contributed by atoms with Gasteiger partial charge in [-0.15, -0.1) is 12.4 Å². The number of carbonyl (C=O) groups excluding carboxylic acids is 1. The Morgan fingerprint density at radius 1 is 1.37 bits per heavy atom. The van der Waals surface area contributed by atoms with Crippen LogP contribution in [0.1, 0.15) is 0 Å². The van der Waals surface area contributed by atoms with Crippen LogP contribution in [-0.2, 0) is 9.53 Å². The van der Waals surface area contributed by atoms with Crippen LogP contribution in [0.5, 0.6) is 0 Å². The minimum Gasteiger partial charge on any atom is -0.383 e. The van der Waals surface area contributed by atoms with Crippen LogP contribution < -0.4 is 10.6 Å². The SMILES string of the molecule is COCCNCC(=O)Nc1cccc2[nH]ccc12.Cl. The van der Waals surface area contributed by atoms with E-state index in [9.17, 15) is 4.79 Å². The lowest BCUT2D eigenvalue weighted by Crippen LogP contribution is -2.30. The van der Waals surface area contributed by atoms with E-state index < -0.39 is 0 Å². The molecule has 0 unspecified atom stereocenters. The summed E-state index contributed by atoms with van der Waals surface area (Å²) < 4.78 is 4.89. The van der Waals surface area contributed by atoms with Crippen molar-refractivity contribution >= 4 is 34.9 Å². The van der Waals surface area contributed by atoms with E-state index in [1.807, 2.05) is 30.5 Å². The molecule has 0 aliphatic heterocycles. The lowest BCUT2D eigenvalue weighted by Gasteiger charge is -2.07. The van der Waals surface area contributed by atoms with Crippen molar-refractivity contribution in [3.63, 3.8) is 0 Å². The molecule has 2 aromatic rings. The fraction of sp³-hybridized carbons (Fsp3) is 0.308. The van der Waals surface area contributed by atoms with E-state index in [0.29, 0.717) is 13.2 Å². The van der Waals surface area contributed by atoms with E-state index in [2.05, 4.69) is 15.6 Å². The van der Waals surface area contributed by atoms with Gasteiger partial charge in [0, 0.05) is 30.8 Å². The van der Waals surface area contributed by atoms with Crippen molar-refractivity contribution < 1.29 is 9.53 Å². The molecule has 1 amide bonds. The molecule has 19 heavy (non-hydrogen) atoms. The van der Waals surface area contributed by atoms with E-state index in [1.54, 1.807) is 7.11 Å². The molecule has 0 bridgehead atoms. The molecule has 0 saturated heterocycles. The van der Waals surface area contributed by atoms with Crippen LogP contribution >= 0.6 is 12.4 Å². The quantitative estimate of drug-likeness (QED) is 0.708. The summed E-state index contributed by atoms with van der Waals surface area (Å²) in [7, 11) is 1.63. The molecule has 1 aromatic heterocycles. The number of amides is 1. The van der Waals surface area contributed by atoms with Gasteiger partial charge in [0.25, 0.3) is 0 Å². The number of ether oxygens (including phenoxy) is 1. The normalized spacial score (nSPS) is 10.2. The molecule has 0 spiro atoms. The second-order valence-electron chi connectivity index (χ2n) is 3.96. The molecule has 3 N–H and O–H groups in total. The van der Waals surface area contributed by atoms with Crippen LogP contribution in [0, 0.1) is 0 Å². The van der Waals surface area contributed by atoms with Crippen LogP contribution in [-0.4, -0.2) is 37.7 Å². The Morgan fingerprint density at radius 2 is 2.21 bits per heavy atom. The first-order valence-electron chi connectivity index (χ1n) is 5.87. The summed E-state index contributed by atoms with van der Waals surface area (Å²) in [6, 6.07) is 7.72. The number of aromatic nitrogens is 1. The van der Waals surface area contributed by atoms with Crippen LogP contribution in [0.15, 0.2) is 30.5 Å². The maximum atomic E-state index is 11.7. The number of anilines is 1. The third-order valence-electron chi connectivity index (χ3n) is 2.64. The highest BCUT2D eigenvalue weighted by Crippen LogP contribution is 2.21. The number of benzene rings is 1. The van der Waals surface area contributed by atoms with E-state index in [4.69, 9.17) is 4.74 Å². The lowest BCUT2D eigenvalue weighted by atomic mass is 10.2. The number of rotatable bonds is 6. The number of hydrogen-bond donors (Lipinski definition) is 3. The summed E-state index contributed by atoms with van der Waals surface area (Å²) in [4.78, 5) is 14.8. The minimum atomic E-state index is -0.0557. The summed E-state index contributed by atoms with van der Waals surface area (Å²) in [6.07, 6.45) is 1.86. The zero-order chi connectivity index (χ0) is 12.8. The topological polar surface area (TPSA) is 66.2 Å². The molecule has 0 radical (unpaired) electrons. The number of methoxy groups -OCH3 is 1. The molecule has 0 saturated carbocycles.